The number of benzene rings is 1. The van der Waals surface area contributed by atoms with E-state index < -0.39 is 5.82 Å². The predicted molar refractivity (Wildman–Crippen MR) is 120 cm³/mol. The third-order valence-corrected chi connectivity index (χ3v) is 9.02. The number of nitrogens with two attached hydrogens (primary N) is 1. The molecule has 2 aliphatic heterocycles. The van der Waals surface area contributed by atoms with Gasteiger partial charge in [0.2, 0.25) is 17.8 Å². The monoisotopic (exact) mass is 453 g/mol. The van der Waals surface area contributed by atoms with Gasteiger partial charge in [-0.3, -0.25) is 9.59 Å². The number of fused-ring (bicyclic) bond motifs is 4. The van der Waals surface area contributed by atoms with Crippen molar-refractivity contribution in [3.05, 3.63) is 41.5 Å². The highest BCUT2D eigenvalue weighted by Gasteiger charge is 2.55. The highest BCUT2D eigenvalue weighted by molar-refractivity contribution is 8.00. The molecule has 0 unspecified atom stereocenters. The molecule has 6 bridgehead atoms. The molecular weight excluding hydrogens is 429 g/mol. The van der Waals surface area contributed by atoms with Crippen LogP contribution < -0.4 is 16.0 Å². The van der Waals surface area contributed by atoms with E-state index in [1.165, 1.54) is 6.20 Å². The Morgan fingerprint density at radius 2 is 2.16 bits per heavy atom. The molecule has 2 aromatic rings. The summed E-state index contributed by atoms with van der Waals surface area (Å²) in [5.74, 6) is 0.111. The van der Waals surface area contributed by atoms with Crippen LogP contribution in [0.25, 0.3) is 0 Å². The van der Waals surface area contributed by atoms with Gasteiger partial charge in [0.25, 0.3) is 0 Å². The van der Waals surface area contributed by atoms with Crippen LogP contribution >= 0.6 is 11.8 Å². The summed E-state index contributed by atoms with van der Waals surface area (Å²) in [6.45, 7) is 0.679. The molecule has 3 heterocycles. The van der Waals surface area contributed by atoms with Crippen molar-refractivity contribution in [1.29, 1.82) is 0 Å². The molecule has 0 radical (unpaired) electrons. The molecule has 2 aliphatic carbocycles. The van der Waals surface area contributed by atoms with Gasteiger partial charge in [0, 0.05) is 29.1 Å². The number of carbonyl (C=O) groups excluding carboxylic acids is 2. The van der Waals surface area contributed by atoms with Crippen molar-refractivity contribution in [3.63, 3.8) is 0 Å². The second-order valence-electron chi connectivity index (χ2n) is 9.29. The van der Waals surface area contributed by atoms with Crippen LogP contribution in [0.2, 0.25) is 0 Å². The molecule has 6 rings (SSSR count). The van der Waals surface area contributed by atoms with Crippen molar-refractivity contribution < 1.29 is 14.0 Å². The molecule has 1 aromatic heterocycles. The molecule has 9 heteroatoms. The first-order valence-corrected chi connectivity index (χ1v) is 12.2. The predicted octanol–water partition coefficient (Wildman–Crippen LogP) is 2.66. The average molecular weight is 454 g/mol. The first-order chi connectivity index (χ1) is 15.5. The van der Waals surface area contributed by atoms with Crippen molar-refractivity contribution in [3.8, 4) is 0 Å². The minimum atomic E-state index is -0.467. The van der Waals surface area contributed by atoms with Crippen LogP contribution in [0.3, 0.4) is 0 Å². The second-order valence-corrected chi connectivity index (χ2v) is 10.5. The number of primary amides is 1. The van der Waals surface area contributed by atoms with E-state index in [-0.39, 0.29) is 40.7 Å². The number of anilines is 3. The van der Waals surface area contributed by atoms with Gasteiger partial charge in [0.05, 0.1) is 17.6 Å². The first-order valence-electron chi connectivity index (χ1n) is 11.1. The van der Waals surface area contributed by atoms with E-state index in [1.807, 2.05) is 23.1 Å². The highest BCUT2D eigenvalue weighted by Crippen LogP contribution is 2.56. The standard InChI is InChI=1S/C23H24FN5O2S/c24-16-9-26-23-27-13-2-1-11-3-4-29(18(11)7-13)20(30)10-32-19-6-12-5-14(19)15(8-17(16)28-23)21(12)22(25)31/h1-2,7,9,12,14-15,19,21H,3-6,8,10H2,(H2,25,31)(H,26,27,28)/t12-,14+,15-,19-,21+/m1/s1. The third kappa shape index (κ3) is 3.17. The van der Waals surface area contributed by atoms with E-state index in [4.69, 9.17) is 5.73 Å². The molecule has 2 saturated carbocycles. The van der Waals surface area contributed by atoms with Gasteiger partial charge in [0.15, 0.2) is 5.82 Å². The number of hydrogen-bond donors (Lipinski definition) is 2. The number of nitrogens with one attached hydrogen (secondary N) is 1. The summed E-state index contributed by atoms with van der Waals surface area (Å²) in [5, 5.41) is 3.43. The normalized spacial score (nSPS) is 30.6. The zero-order chi connectivity index (χ0) is 22.0. The molecule has 0 saturated heterocycles. The van der Waals surface area contributed by atoms with E-state index in [2.05, 4.69) is 15.3 Å². The lowest BCUT2D eigenvalue weighted by molar-refractivity contribution is -0.125. The van der Waals surface area contributed by atoms with Crippen LogP contribution in [0.4, 0.5) is 21.7 Å². The fourth-order valence-electron chi connectivity index (χ4n) is 6.27. The summed E-state index contributed by atoms with van der Waals surface area (Å²) in [7, 11) is 0. The zero-order valence-corrected chi connectivity index (χ0v) is 18.3. The fraction of sp³-hybridized carbons (Fsp3) is 0.478. The van der Waals surface area contributed by atoms with Crippen LogP contribution in [-0.2, 0) is 22.4 Å². The van der Waals surface area contributed by atoms with E-state index in [9.17, 15) is 14.0 Å². The summed E-state index contributed by atoms with van der Waals surface area (Å²) in [6.07, 6.45) is 4.15. The van der Waals surface area contributed by atoms with E-state index in [0.29, 0.717) is 30.4 Å². The minimum Gasteiger partial charge on any atom is -0.369 e. The van der Waals surface area contributed by atoms with Crippen molar-refractivity contribution in [2.24, 2.45) is 29.4 Å². The maximum absolute atomic E-state index is 14.7. The van der Waals surface area contributed by atoms with Crippen LogP contribution in [-0.4, -0.2) is 39.3 Å². The van der Waals surface area contributed by atoms with Gasteiger partial charge in [0.1, 0.15) is 0 Å². The average Bonchev–Trinajstić information content (AvgIpc) is 3.46. The Bertz CT molecular complexity index is 1130. The number of halogens is 1. The number of amides is 2. The number of hydrogen-bond acceptors (Lipinski definition) is 6. The molecule has 166 valence electrons. The van der Waals surface area contributed by atoms with Crippen LogP contribution in [0.1, 0.15) is 24.1 Å². The quantitative estimate of drug-likeness (QED) is 0.689. The Labute approximate surface area is 189 Å². The second kappa shape index (κ2) is 7.43. The smallest absolute Gasteiger partial charge is 0.237 e. The summed E-state index contributed by atoms with van der Waals surface area (Å²) in [5.41, 5.74) is 8.89. The molecule has 2 fully saturated rings. The van der Waals surface area contributed by atoms with E-state index >= 15 is 0 Å². The highest BCUT2D eigenvalue weighted by atomic mass is 32.2. The number of aromatic nitrogens is 2. The van der Waals surface area contributed by atoms with Crippen molar-refractivity contribution in [1.82, 2.24) is 9.97 Å². The molecule has 5 atom stereocenters. The topological polar surface area (TPSA) is 101 Å². The first kappa shape index (κ1) is 20.0. The largest absolute Gasteiger partial charge is 0.369 e. The Balaban J connectivity index is 1.41. The van der Waals surface area contributed by atoms with Crippen molar-refractivity contribution >= 4 is 40.9 Å². The number of nitrogens with zero attached hydrogens (tertiary/aromatic N) is 3. The molecule has 0 spiro atoms. The molecule has 4 aliphatic rings. The Kier molecular flexibility index (Phi) is 4.64. The van der Waals surface area contributed by atoms with Crippen molar-refractivity contribution in [2.75, 3.05) is 22.5 Å². The molecule has 2 amide bonds. The summed E-state index contributed by atoms with van der Waals surface area (Å²) in [6, 6.07) is 5.88. The molecule has 1 aromatic carbocycles. The summed E-state index contributed by atoms with van der Waals surface area (Å²) >= 11 is 1.68. The van der Waals surface area contributed by atoms with Gasteiger partial charge in [-0.25, -0.2) is 14.4 Å². The molecular formula is C23H24FN5O2S. The van der Waals surface area contributed by atoms with Gasteiger partial charge >= 0.3 is 0 Å². The van der Waals surface area contributed by atoms with Gasteiger partial charge in [-0.1, -0.05) is 6.07 Å². The van der Waals surface area contributed by atoms with Crippen LogP contribution in [0.5, 0.6) is 0 Å². The fourth-order valence-corrected chi connectivity index (χ4v) is 7.73. The maximum atomic E-state index is 14.7. The van der Waals surface area contributed by atoms with Crippen molar-refractivity contribution in [2.45, 2.75) is 30.9 Å². The van der Waals surface area contributed by atoms with Gasteiger partial charge < -0.3 is 16.0 Å². The third-order valence-electron chi connectivity index (χ3n) is 7.64. The molecule has 3 N–H and O–H groups in total. The van der Waals surface area contributed by atoms with Crippen LogP contribution in [0, 0.1) is 29.5 Å². The molecule has 32 heavy (non-hydrogen) atoms. The Morgan fingerprint density at radius 1 is 1.28 bits per heavy atom. The summed E-state index contributed by atoms with van der Waals surface area (Å²) in [4.78, 5) is 35.8. The molecule has 7 nitrogen and oxygen atoms in total. The van der Waals surface area contributed by atoms with E-state index in [0.717, 1.165) is 36.2 Å². The zero-order valence-electron chi connectivity index (χ0n) is 17.5. The van der Waals surface area contributed by atoms with Gasteiger partial charge in [-0.15, -0.1) is 11.8 Å². The van der Waals surface area contributed by atoms with Gasteiger partial charge in [-0.2, -0.15) is 0 Å². The number of carbonyl (C=O) groups is 2. The lowest BCUT2D eigenvalue weighted by Crippen LogP contribution is -2.40. The summed E-state index contributed by atoms with van der Waals surface area (Å²) < 4.78 is 14.7. The SMILES string of the molecule is NC(=O)[C@H]1[C@@H]2C[C@H]3[C@H]1Cc1nc(ncc1F)Nc1ccc4c(c1)N(CC4)C(=O)CS[C@@H]3C2. The Hall–Kier alpha value is -2.68. The number of rotatable bonds is 1. The minimum absolute atomic E-state index is 0.0688. The lowest BCUT2D eigenvalue weighted by Gasteiger charge is -2.34. The lowest BCUT2D eigenvalue weighted by atomic mass is 9.76. The Morgan fingerprint density at radius 3 is 3.00 bits per heavy atom. The number of thioether (sulfide) groups is 1. The van der Waals surface area contributed by atoms with Gasteiger partial charge in [-0.05, 0) is 61.1 Å². The van der Waals surface area contributed by atoms with E-state index in [1.54, 1.807) is 11.8 Å². The van der Waals surface area contributed by atoms with Crippen LogP contribution in [0.15, 0.2) is 24.4 Å². The maximum Gasteiger partial charge on any atom is 0.237 e.